The molecule has 110 valence electrons. The number of rotatable bonds is 9. The van der Waals surface area contributed by atoms with Gasteiger partial charge in [0.05, 0.1) is 11.5 Å². The second-order valence-corrected chi connectivity index (χ2v) is 5.38. The van der Waals surface area contributed by atoms with Crippen molar-refractivity contribution in [2.24, 2.45) is 0 Å². The van der Waals surface area contributed by atoms with Gasteiger partial charge in [-0.3, -0.25) is 14.9 Å². The minimum Gasteiger partial charge on any atom is -0.466 e. The van der Waals surface area contributed by atoms with Crippen LogP contribution in [0.4, 0.5) is 5.69 Å². The van der Waals surface area contributed by atoms with E-state index in [0.29, 0.717) is 13.0 Å². The third kappa shape index (κ3) is 6.56. The van der Waals surface area contributed by atoms with Gasteiger partial charge in [-0.1, -0.05) is 6.42 Å². The van der Waals surface area contributed by atoms with Crippen LogP contribution in [-0.2, 0) is 9.53 Å². The molecule has 1 rings (SSSR count). The molecule has 0 radical (unpaired) electrons. The predicted molar refractivity (Wildman–Crippen MR) is 78.9 cm³/mol. The molecule has 1 aromatic carbocycles. The fourth-order valence-electron chi connectivity index (χ4n) is 1.64. The molecule has 0 aromatic heterocycles. The summed E-state index contributed by atoms with van der Waals surface area (Å²) >= 11 is 1.67. The van der Waals surface area contributed by atoms with Crippen molar-refractivity contribution in [3.63, 3.8) is 0 Å². The SMILES string of the molecule is CCOC(=O)CCCCCSc1ccc([N+](=O)[O-])cc1. The van der Waals surface area contributed by atoms with E-state index in [-0.39, 0.29) is 11.7 Å². The van der Waals surface area contributed by atoms with Crippen molar-refractivity contribution in [2.75, 3.05) is 12.4 Å². The molecule has 0 atom stereocenters. The van der Waals surface area contributed by atoms with E-state index in [1.165, 1.54) is 12.1 Å². The van der Waals surface area contributed by atoms with Crippen molar-refractivity contribution in [2.45, 2.75) is 37.5 Å². The lowest BCUT2D eigenvalue weighted by atomic mass is 10.2. The number of nitro groups is 1. The van der Waals surface area contributed by atoms with Crippen molar-refractivity contribution in [1.82, 2.24) is 0 Å². The van der Waals surface area contributed by atoms with Crippen LogP contribution in [0.3, 0.4) is 0 Å². The highest BCUT2D eigenvalue weighted by atomic mass is 32.2. The van der Waals surface area contributed by atoms with Gasteiger partial charge in [-0.15, -0.1) is 11.8 Å². The Kier molecular flexibility index (Phi) is 7.72. The third-order valence-electron chi connectivity index (χ3n) is 2.65. The maximum atomic E-state index is 11.1. The van der Waals surface area contributed by atoms with Crippen molar-refractivity contribution in [3.8, 4) is 0 Å². The molecule has 1 aromatic rings. The van der Waals surface area contributed by atoms with Crippen LogP contribution in [0.5, 0.6) is 0 Å². The molecule has 0 saturated carbocycles. The van der Waals surface area contributed by atoms with Crippen LogP contribution in [0, 0.1) is 10.1 Å². The molecule has 0 aliphatic heterocycles. The molecule has 0 bridgehead atoms. The maximum Gasteiger partial charge on any atom is 0.305 e. The number of carbonyl (C=O) groups excluding carboxylic acids is 1. The van der Waals surface area contributed by atoms with E-state index in [4.69, 9.17) is 4.74 Å². The van der Waals surface area contributed by atoms with Crippen LogP contribution in [0.25, 0.3) is 0 Å². The zero-order valence-corrected chi connectivity index (χ0v) is 12.4. The van der Waals surface area contributed by atoms with Crippen molar-refractivity contribution >= 4 is 23.4 Å². The number of carbonyl (C=O) groups is 1. The largest absolute Gasteiger partial charge is 0.466 e. The smallest absolute Gasteiger partial charge is 0.305 e. The lowest BCUT2D eigenvalue weighted by Crippen LogP contribution is -2.03. The number of thioether (sulfide) groups is 1. The van der Waals surface area contributed by atoms with Crippen molar-refractivity contribution in [3.05, 3.63) is 34.4 Å². The summed E-state index contributed by atoms with van der Waals surface area (Å²) in [4.78, 5) is 22.2. The van der Waals surface area contributed by atoms with Gasteiger partial charge in [0.25, 0.3) is 5.69 Å². The second-order valence-electron chi connectivity index (χ2n) is 4.22. The summed E-state index contributed by atoms with van der Waals surface area (Å²) in [6, 6.07) is 6.56. The summed E-state index contributed by atoms with van der Waals surface area (Å²) in [6.07, 6.45) is 3.33. The van der Waals surface area contributed by atoms with E-state index in [2.05, 4.69) is 0 Å². The van der Waals surface area contributed by atoms with Gasteiger partial charge in [0.15, 0.2) is 0 Å². The van der Waals surface area contributed by atoms with E-state index in [1.54, 1.807) is 30.8 Å². The van der Waals surface area contributed by atoms with E-state index in [0.717, 1.165) is 29.9 Å². The Morgan fingerprint density at radius 1 is 1.25 bits per heavy atom. The highest BCUT2D eigenvalue weighted by Crippen LogP contribution is 2.22. The molecule has 6 heteroatoms. The van der Waals surface area contributed by atoms with Crippen molar-refractivity contribution < 1.29 is 14.5 Å². The summed E-state index contributed by atoms with van der Waals surface area (Å²) in [5.41, 5.74) is 0.115. The first-order chi connectivity index (χ1) is 9.63. The number of nitrogens with zero attached hydrogens (tertiary/aromatic N) is 1. The molecule has 0 unspecified atom stereocenters. The molecule has 0 heterocycles. The quantitative estimate of drug-likeness (QED) is 0.228. The first kappa shape index (κ1) is 16.5. The molecule has 5 nitrogen and oxygen atoms in total. The van der Waals surface area contributed by atoms with Gasteiger partial charge in [-0.2, -0.15) is 0 Å². The standard InChI is InChI=1S/C14H19NO4S/c1-2-19-14(16)6-4-3-5-11-20-13-9-7-12(8-10-13)15(17)18/h7-10H,2-6,11H2,1H3. The molecule has 20 heavy (non-hydrogen) atoms. The second kappa shape index (κ2) is 9.36. The number of ether oxygens (including phenoxy) is 1. The van der Waals surface area contributed by atoms with Gasteiger partial charge < -0.3 is 4.74 Å². The lowest BCUT2D eigenvalue weighted by molar-refractivity contribution is -0.384. The fraction of sp³-hybridized carbons (Fsp3) is 0.500. The van der Waals surface area contributed by atoms with E-state index < -0.39 is 4.92 Å². The van der Waals surface area contributed by atoms with Crippen LogP contribution in [-0.4, -0.2) is 23.3 Å². The Hall–Kier alpha value is -1.56. The molecular weight excluding hydrogens is 278 g/mol. The summed E-state index contributed by atoms with van der Waals surface area (Å²) in [7, 11) is 0. The Morgan fingerprint density at radius 3 is 2.55 bits per heavy atom. The van der Waals surface area contributed by atoms with Gasteiger partial charge in [0, 0.05) is 23.4 Å². The van der Waals surface area contributed by atoms with Gasteiger partial charge in [-0.05, 0) is 37.7 Å². The van der Waals surface area contributed by atoms with Gasteiger partial charge >= 0.3 is 5.97 Å². The number of non-ortho nitro benzene ring substituents is 1. The number of unbranched alkanes of at least 4 members (excludes halogenated alkanes) is 2. The van der Waals surface area contributed by atoms with Crippen LogP contribution >= 0.6 is 11.8 Å². The molecule has 0 saturated heterocycles. The maximum absolute atomic E-state index is 11.1. The third-order valence-corrected chi connectivity index (χ3v) is 3.75. The van der Waals surface area contributed by atoms with Crippen LogP contribution in [0.2, 0.25) is 0 Å². The fourth-order valence-corrected chi connectivity index (χ4v) is 2.55. The normalized spacial score (nSPS) is 10.2. The number of hydrogen-bond donors (Lipinski definition) is 0. The highest BCUT2D eigenvalue weighted by molar-refractivity contribution is 7.99. The minimum atomic E-state index is -0.399. The summed E-state index contributed by atoms with van der Waals surface area (Å²) < 4.78 is 4.85. The van der Waals surface area contributed by atoms with E-state index >= 15 is 0 Å². The average Bonchev–Trinajstić information content (AvgIpc) is 2.43. The average molecular weight is 297 g/mol. The van der Waals surface area contributed by atoms with Gasteiger partial charge in [0.1, 0.15) is 0 Å². The van der Waals surface area contributed by atoms with E-state index in [1.807, 2.05) is 0 Å². The minimum absolute atomic E-state index is 0.115. The zero-order valence-electron chi connectivity index (χ0n) is 11.5. The molecule has 0 N–H and O–H groups in total. The predicted octanol–water partition coefficient (Wildman–Crippen LogP) is 3.81. The summed E-state index contributed by atoms with van der Waals surface area (Å²) in [5, 5.41) is 10.5. The number of benzene rings is 1. The summed E-state index contributed by atoms with van der Waals surface area (Å²) in [6.45, 7) is 2.24. The highest BCUT2D eigenvalue weighted by Gasteiger charge is 2.04. The number of hydrogen-bond acceptors (Lipinski definition) is 5. The Labute approximate surface area is 122 Å². The topological polar surface area (TPSA) is 69.4 Å². The van der Waals surface area contributed by atoms with Crippen LogP contribution < -0.4 is 0 Å². The van der Waals surface area contributed by atoms with Gasteiger partial charge in [-0.25, -0.2) is 0 Å². The zero-order chi connectivity index (χ0) is 14.8. The molecule has 0 fully saturated rings. The molecule has 0 amide bonds. The number of nitro benzene ring substituents is 1. The monoisotopic (exact) mass is 297 g/mol. The number of esters is 1. The first-order valence-corrected chi connectivity index (χ1v) is 7.65. The Morgan fingerprint density at radius 2 is 1.95 bits per heavy atom. The first-order valence-electron chi connectivity index (χ1n) is 6.66. The molecule has 0 spiro atoms. The molecule has 0 aliphatic carbocycles. The van der Waals surface area contributed by atoms with Crippen LogP contribution in [0.1, 0.15) is 32.6 Å². The lowest BCUT2D eigenvalue weighted by Gasteiger charge is -2.03. The molecular formula is C14H19NO4S. The van der Waals surface area contributed by atoms with E-state index in [9.17, 15) is 14.9 Å². The van der Waals surface area contributed by atoms with Gasteiger partial charge in [0.2, 0.25) is 0 Å². The Bertz CT molecular complexity index is 433. The van der Waals surface area contributed by atoms with Crippen molar-refractivity contribution in [1.29, 1.82) is 0 Å². The summed E-state index contributed by atoms with van der Waals surface area (Å²) in [5.74, 6) is 0.816. The Balaban J connectivity index is 2.12. The van der Waals surface area contributed by atoms with Crippen LogP contribution in [0.15, 0.2) is 29.2 Å². The molecule has 0 aliphatic rings.